The molecule has 1 amide bonds. The molecule has 1 N–H and O–H groups in total. The summed E-state index contributed by atoms with van der Waals surface area (Å²) in [5, 5.41) is 4.56. The van der Waals surface area contributed by atoms with Crippen molar-refractivity contribution in [3.8, 4) is 11.7 Å². The monoisotopic (exact) mass is 507 g/mol. The average molecular weight is 508 g/mol. The molecule has 9 heteroatoms. The van der Waals surface area contributed by atoms with Crippen molar-refractivity contribution in [3.05, 3.63) is 60.3 Å². The first-order chi connectivity index (χ1) is 17.1. The van der Waals surface area contributed by atoms with Gasteiger partial charge in [-0.15, -0.1) is 5.10 Å². The van der Waals surface area contributed by atoms with Crippen LogP contribution in [0.5, 0.6) is 5.88 Å². The first-order valence-electron chi connectivity index (χ1n) is 12.4. The fourth-order valence-electron chi connectivity index (χ4n) is 4.77. The Morgan fingerprint density at radius 2 is 1.89 bits per heavy atom. The van der Waals surface area contributed by atoms with Crippen molar-refractivity contribution in [1.82, 2.24) is 19.5 Å². The summed E-state index contributed by atoms with van der Waals surface area (Å²) in [6.45, 7) is 10.2. The number of benzene rings is 1. The number of pyridine rings is 1. The van der Waals surface area contributed by atoms with Crippen molar-refractivity contribution in [1.29, 1.82) is 0 Å². The molecule has 8 nitrogen and oxygen atoms in total. The lowest BCUT2D eigenvalue weighted by Gasteiger charge is -2.34. The van der Waals surface area contributed by atoms with Crippen molar-refractivity contribution >= 4 is 22.7 Å². The zero-order valence-corrected chi connectivity index (χ0v) is 22.0. The smallest absolute Gasteiger partial charge is 0.266 e. The molecule has 2 aliphatic rings. The van der Waals surface area contributed by atoms with Crippen LogP contribution in [0.25, 0.3) is 5.82 Å². The van der Waals surface area contributed by atoms with E-state index in [-0.39, 0.29) is 11.0 Å². The zero-order valence-electron chi connectivity index (χ0n) is 21.2. The second-order valence-electron chi connectivity index (χ2n) is 11.0. The molecule has 1 aliphatic carbocycles. The van der Waals surface area contributed by atoms with E-state index in [0.717, 1.165) is 13.0 Å². The number of rotatable bonds is 8. The molecule has 0 radical (unpaired) electrons. The van der Waals surface area contributed by atoms with Crippen LogP contribution in [0.15, 0.2) is 59.6 Å². The molecule has 36 heavy (non-hydrogen) atoms. The van der Waals surface area contributed by atoms with E-state index < -0.39 is 16.9 Å². The third-order valence-corrected chi connectivity index (χ3v) is 8.12. The van der Waals surface area contributed by atoms with Gasteiger partial charge in [0.15, 0.2) is 16.8 Å². The number of hydrogen-bond acceptors (Lipinski definition) is 6. The Bertz CT molecular complexity index is 1290. The van der Waals surface area contributed by atoms with Gasteiger partial charge in [-0.25, -0.2) is 13.9 Å². The Morgan fingerprint density at radius 1 is 1.14 bits per heavy atom. The van der Waals surface area contributed by atoms with Gasteiger partial charge in [-0.3, -0.25) is 9.52 Å². The lowest BCUT2D eigenvalue weighted by molar-refractivity contribution is 0.0983. The summed E-state index contributed by atoms with van der Waals surface area (Å²) in [4.78, 5) is 20.9. The maximum Gasteiger partial charge on any atom is 0.266 e. The lowest BCUT2D eigenvalue weighted by atomic mass is 9.97. The van der Waals surface area contributed by atoms with Gasteiger partial charge in [0.2, 0.25) is 5.88 Å². The van der Waals surface area contributed by atoms with E-state index in [1.807, 2.05) is 18.3 Å². The Hall–Kier alpha value is -3.20. The highest BCUT2D eigenvalue weighted by Crippen LogP contribution is 2.45. The number of ether oxygens (including phenoxy) is 1. The number of aromatic nitrogens is 3. The molecule has 2 fully saturated rings. The third kappa shape index (κ3) is 5.16. The van der Waals surface area contributed by atoms with Crippen LogP contribution in [0.4, 0.5) is 5.82 Å². The number of hydrogen-bond donors (Lipinski definition) is 1. The summed E-state index contributed by atoms with van der Waals surface area (Å²) < 4.78 is 23.0. The SMILES string of the molecule is C[C@@H]1CN(c2nc(-n3ccc(OCC4(C)CC4)n3)ccc2C(=O)NS(=O)c2ccccc2)C(C)(C)C1. The summed E-state index contributed by atoms with van der Waals surface area (Å²) in [6.07, 6.45) is 5.16. The van der Waals surface area contributed by atoms with Gasteiger partial charge in [-0.1, -0.05) is 32.0 Å². The normalized spacial score (nSPS) is 20.7. The fourth-order valence-corrected chi connectivity index (χ4v) is 5.57. The summed E-state index contributed by atoms with van der Waals surface area (Å²) in [5.74, 6) is 1.74. The predicted octanol–water partition coefficient (Wildman–Crippen LogP) is 4.52. The molecule has 1 saturated heterocycles. The van der Waals surface area contributed by atoms with Crippen molar-refractivity contribution < 1.29 is 13.7 Å². The minimum absolute atomic E-state index is 0.184. The molecule has 3 heterocycles. The van der Waals surface area contributed by atoms with Crippen LogP contribution in [0.2, 0.25) is 0 Å². The maximum absolute atomic E-state index is 13.3. The second-order valence-corrected chi connectivity index (χ2v) is 12.2. The van der Waals surface area contributed by atoms with Gasteiger partial charge < -0.3 is 9.64 Å². The number of amides is 1. The fraction of sp³-hybridized carbons (Fsp3) is 0.444. The van der Waals surface area contributed by atoms with Gasteiger partial charge in [-0.05, 0) is 63.3 Å². The molecule has 0 spiro atoms. The number of carbonyl (C=O) groups excluding carboxylic acids is 1. The van der Waals surface area contributed by atoms with Gasteiger partial charge in [0, 0.05) is 29.8 Å². The molecule has 1 aromatic carbocycles. The number of carbonyl (C=O) groups is 1. The summed E-state index contributed by atoms with van der Waals surface area (Å²) in [6, 6.07) is 14.2. The van der Waals surface area contributed by atoms with Crippen LogP contribution in [0.1, 0.15) is 57.3 Å². The summed E-state index contributed by atoms with van der Waals surface area (Å²) in [5.41, 5.74) is 0.467. The van der Waals surface area contributed by atoms with Crippen LogP contribution in [-0.4, -0.2) is 43.6 Å². The number of nitrogens with zero attached hydrogens (tertiary/aromatic N) is 4. The molecule has 2 atom stereocenters. The van der Waals surface area contributed by atoms with Crippen LogP contribution in [-0.2, 0) is 11.0 Å². The lowest BCUT2D eigenvalue weighted by Crippen LogP contribution is -2.40. The molecule has 2 aromatic heterocycles. The quantitative estimate of drug-likeness (QED) is 0.482. The Kier molecular flexibility index (Phi) is 6.36. The zero-order chi connectivity index (χ0) is 25.5. The minimum Gasteiger partial charge on any atom is -0.476 e. The standard InChI is InChI=1S/C27H33N5O3S/c1-19-16-26(2,3)31(17-19)24-21(25(33)30-36(34)20-8-6-5-7-9-20)10-11-22(28-24)32-15-12-23(29-32)35-18-27(4)13-14-27/h5-12,15,19H,13-14,16-18H2,1-4H3,(H,30,33)/t19-,36?/m0/s1. The van der Waals surface area contributed by atoms with E-state index in [1.54, 1.807) is 41.1 Å². The van der Waals surface area contributed by atoms with Gasteiger partial charge in [0.1, 0.15) is 5.82 Å². The highest BCUT2D eigenvalue weighted by Gasteiger charge is 2.39. The topological polar surface area (TPSA) is 89.3 Å². The van der Waals surface area contributed by atoms with Crippen molar-refractivity contribution in [3.63, 3.8) is 0 Å². The van der Waals surface area contributed by atoms with Gasteiger partial charge in [0.25, 0.3) is 5.91 Å². The molecule has 3 aromatic rings. The molecule has 1 aliphatic heterocycles. The van der Waals surface area contributed by atoms with E-state index in [0.29, 0.717) is 40.5 Å². The van der Waals surface area contributed by atoms with Crippen LogP contribution < -0.4 is 14.4 Å². The van der Waals surface area contributed by atoms with Crippen LogP contribution in [0.3, 0.4) is 0 Å². The van der Waals surface area contributed by atoms with Crippen molar-refractivity contribution in [2.45, 2.75) is 57.4 Å². The van der Waals surface area contributed by atoms with Crippen molar-refractivity contribution in [2.24, 2.45) is 11.3 Å². The predicted molar refractivity (Wildman–Crippen MR) is 140 cm³/mol. The molecular weight excluding hydrogens is 474 g/mol. The van der Waals surface area contributed by atoms with Gasteiger partial charge >= 0.3 is 0 Å². The Labute approximate surface area is 214 Å². The van der Waals surface area contributed by atoms with E-state index in [4.69, 9.17) is 9.72 Å². The molecule has 5 rings (SSSR count). The van der Waals surface area contributed by atoms with Gasteiger partial charge in [-0.2, -0.15) is 0 Å². The Morgan fingerprint density at radius 3 is 2.56 bits per heavy atom. The Balaban J connectivity index is 1.45. The highest BCUT2D eigenvalue weighted by atomic mass is 32.2. The van der Waals surface area contributed by atoms with Crippen LogP contribution >= 0.6 is 0 Å². The minimum atomic E-state index is -1.67. The number of anilines is 1. The third-order valence-electron chi connectivity index (χ3n) is 7.05. The number of nitrogens with one attached hydrogen (secondary N) is 1. The van der Waals surface area contributed by atoms with Crippen LogP contribution in [0, 0.1) is 11.3 Å². The summed E-state index contributed by atoms with van der Waals surface area (Å²) in [7, 11) is -1.67. The first kappa shape index (κ1) is 24.5. The largest absolute Gasteiger partial charge is 0.476 e. The van der Waals surface area contributed by atoms with Gasteiger partial charge in [0.05, 0.1) is 17.1 Å². The molecule has 190 valence electrons. The first-order valence-corrected chi connectivity index (χ1v) is 13.5. The average Bonchev–Trinajstić information content (AvgIpc) is 3.28. The second kappa shape index (κ2) is 9.35. The van der Waals surface area contributed by atoms with E-state index in [1.165, 1.54) is 12.8 Å². The molecule has 1 unspecified atom stereocenters. The van der Waals surface area contributed by atoms with E-state index in [9.17, 15) is 9.00 Å². The van der Waals surface area contributed by atoms with E-state index in [2.05, 4.69) is 42.4 Å². The van der Waals surface area contributed by atoms with Crippen molar-refractivity contribution in [2.75, 3.05) is 18.1 Å². The highest BCUT2D eigenvalue weighted by molar-refractivity contribution is 7.83. The summed E-state index contributed by atoms with van der Waals surface area (Å²) >= 11 is 0. The molecule has 1 saturated carbocycles. The molecular formula is C27H33N5O3S. The molecule has 0 bridgehead atoms. The maximum atomic E-state index is 13.3. The van der Waals surface area contributed by atoms with E-state index >= 15 is 0 Å².